The van der Waals surface area contributed by atoms with Gasteiger partial charge in [0.25, 0.3) is 5.91 Å². The second-order valence-corrected chi connectivity index (χ2v) is 9.07. The standard InChI is InChI=1S/C19H29N3O5S/c1-4-13-28(25,26)22-12-6-5-7-17(22)19(24)20-15-8-10-16(11-9-15)27-14-18(23)21(2)3/h8-11,17H,4-7,12-14H2,1-3H3,(H,20,24). The SMILES string of the molecule is CCCS(=O)(=O)N1CCCCC1C(=O)Nc1ccc(OCC(=O)N(C)C)cc1. The maximum absolute atomic E-state index is 12.7. The molecule has 0 saturated carbocycles. The van der Waals surface area contributed by atoms with E-state index >= 15 is 0 Å². The first-order valence-electron chi connectivity index (χ1n) is 9.48. The summed E-state index contributed by atoms with van der Waals surface area (Å²) in [7, 11) is -0.128. The van der Waals surface area contributed by atoms with Gasteiger partial charge in [0.05, 0.1) is 5.75 Å². The van der Waals surface area contributed by atoms with Gasteiger partial charge in [-0.3, -0.25) is 9.59 Å². The molecule has 1 atom stereocenters. The molecule has 0 spiro atoms. The van der Waals surface area contributed by atoms with Gasteiger partial charge in [-0.1, -0.05) is 13.3 Å². The highest BCUT2D eigenvalue weighted by atomic mass is 32.2. The van der Waals surface area contributed by atoms with Gasteiger partial charge >= 0.3 is 0 Å². The topological polar surface area (TPSA) is 96.0 Å². The summed E-state index contributed by atoms with van der Waals surface area (Å²) in [5.41, 5.74) is 0.551. The van der Waals surface area contributed by atoms with Gasteiger partial charge in [0.15, 0.2) is 6.61 Å². The Kier molecular flexibility index (Phi) is 7.82. The molecule has 1 aromatic rings. The number of piperidine rings is 1. The summed E-state index contributed by atoms with van der Waals surface area (Å²) >= 11 is 0. The second kappa shape index (κ2) is 9.88. The van der Waals surface area contributed by atoms with Gasteiger partial charge in [0.1, 0.15) is 11.8 Å². The maximum atomic E-state index is 12.7. The Morgan fingerprint density at radius 3 is 2.50 bits per heavy atom. The lowest BCUT2D eigenvalue weighted by atomic mass is 10.0. The van der Waals surface area contributed by atoms with E-state index in [0.717, 1.165) is 12.8 Å². The predicted molar refractivity (Wildman–Crippen MR) is 108 cm³/mol. The van der Waals surface area contributed by atoms with E-state index in [-0.39, 0.29) is 24.2 Å². The monoisotopic (exact) mass is 411 g/mol. The van der Waals surface area contributed by atoms with E-state index in [1.165, 1.54) is 9.21 Å². The first kappa shape index (κ1) is 22.2. The molecule has 1 fully saturated rings. The van der Waals surface area contributed by atoms with Gasteiger partial charge < -0.3 is 15.0 Å². The van der Waals surface area contributed by atoms with Crippen LogP contribution in [0.4, 0.5) is 5.69 Å². The van der Waals surface area contributed by atoms with Crippen LogP contribution in [0.1, 0.15) is 32.6 Å². The number of likely N-dealkylation sites (N-methyl/N-ethyl adjacent to an activating group) is 1. The molecule has 28 heavy (non-hydrogen) atoms. The highest BCUT2D eigenvalue weighted by Gasteiger charge is 2.36. The average molecular weight is 412 g/mol. The van der Waals surface area contributed by atoms with Crippen LogP contribution >= 0.6 is 0 Å². The molecule has 0 aromatic heterocycles. The fourth-order valence-electron chi connectivity index (χ4n) is 3.01. The molecule has 0 radical (unpaired) electrons. The summed E-state index contributed by atoms with van der Waals surface area (Å²) < 4.78 is 31.7. The van der Waals surface area contributed by atoms with Gasteiger partial charge in [0, 0.05) is 26.3 Å². The first-order valence-corrected chi connectivity index (χ1v) is 11.1. The number of anilines is 1. The Hall–Kier alpha value is -2.13. The van der Waals surface area contributed by atoms with E-state index in [1.807, 2.05) is 6.92 Å². The third kappa shape index (κ3) is 5.93. The van der Waals surface area contributed by atoms with Crippen molar-refractivity contribution in [2.75, 3.05) is 38.3 Å². The molecule has 1 saturated heterocycles. The molecule has 9 heteroatoms. The van der Waals surface area contributed by atoms with Gasteiger partial charge in [-0.25, -0.2) is 8.42 Å². The molecular formula is C19H29N3O5S. The normalized spacial score (nSPS) is 17.8. The molecule has 1 aromatic carbocycles. The smallest absolute Gasteiger partial charge is 0.259 e. The third-order valence-corrected chi connectivity index (χ3v) is 6.63. The number of hydrogen-bond acceptors (Lipinski definition) is 5. The van der Waals surface area contributed by atoms with Crippen molar-refractivity contribution in [3.05, 3.63) is 24.3 Å². The van der Waals surface area contributed by atoms with Crippen molar-refractivity contribution in [2.45, 2.75) is 38.6 Å². The number of rotatable bonds is 8. The van der Waals surface area contributed by atoms with Crippen LogP contribution in [0.25, 0.3) is 0 Å². The Labute approximate surface area is 166 Å². The molecule has 1 aliphatic heterocycles. The summed E-state index contributed by atoms with van der Waals surface area (Å²) in [5, 5.41) is 2.79. The highest BCUT2D eigenvalue weighted by Crippen LogP contribution is 2.23. The van der Waals surface area contributed by atoms with Crippen molar-refractivity contribution in [2.24, 2.45) is 0 Å². The zero-order valence-electron chi connectivity index (χ0n) is 16.7. The molecular weight excluding hydrogens is 382 g/mol. The van der Waals surface area contributed by atoms with E-state index in [2.05, 4.69) is 5.32 Å². The van der Waals surface area contributed by atoms with Gasteiger partial charge in [-0.15, -0.1) is 0 Å². The minimum atomic E-state index is -3.43. The lowest BCUT2D eigenvalue weighted by molar-refractivity contribution is -0.130. The van der Waals surface area contributed by atoms with Crippen LogP contribution in [0.5, 0.6) is 5.75 Å². The molecule has 1 aliphatic rings. The molecule has 8 nitrogen and oxygen atoms in total. The summed E-state index contributed by atoms with van der Waals surface area (Å²) in [6.45, 7) is 2.13. The Bertz CT molecular complexity index is 777. The number of carbonyl (C=O) groups excluding carboxylic acids is 2. The lowest BCUT2D eigenvalue weighted by Gasteiger charge is -2.33. The number of nitrogens with one attached hydrogen (secondary N) is 1. The quantitative estimate of drug-likeness (QED) is 0.702. The Balaban J connectivity index is 2.00. The molecule has 0 aliphatic carbocycles. The van der Waals surface area contributed by atoms with Gasteiger partial charge in [-0.2, -0.15) is 4.31 Å². The van der Waals surface area contributed by atoms with Crippen molar-refractivity contribution in [3.63, 3.8) is 0 Å². The van der Waals surface area contributed by atoms with Crippen LogP contribution in [-0.4, -0.2) is 68.5 Å². The molecule has 156 valence electrons. The van der Waals surface area contributed by atoms with Crippen LogP contribution in [0.2, 0.25) is 0 Å². The second-order valence-electron chi connectivity index (χ2n) is 7.03. The zero-order valence-corrected chi connectivity index (χ0v) is 17.5. The number of nitrogens with zero attached hydrogens (tertiary/aromatic N) is 2. The molecule has 2 rings (SSSR count). The van der Waals surface area contributed by atoms with E-state index in [9.17, 15) is 18.0 Å². The summed E-state index contributed by atoms with van der Waals surface area (Å²) in [4.78, 5) is 25.7. The van der Waals surface area contributed by atoms with Crippen LogP contribution in [0.15, 0.2) is 24.3 Å². The maximum Gasteiger partial charge on any atom is 0.259 e. The number of carbonyl (C=O) groups is 2. The van der Waals surface area contributed by atoms with E-state index in [0.29, 0.717) is 30.8 Å². The number of hydrogen-bond donors (Lipinski definition) is 1. The highest BCUT2D eigenvalue weighted by molar-refractivity contribution is 7.89. The van der Waals surface area contributed by atoms with Crippen LogP contribution < -0.4 is 10.1 Å². The number of sulfonamides is 1. The number of amides is 2. The van der Waals surface area contributed by atoms with Crippen LogP contribution in [0, 0.1) is 0 Å². The van der Waals surface area contributed by atoms with Crippen molar-refractivity contribution >= 4 is 27.5 Å². The van der Waals surface area contributed by atoms with E-state index in [4.69, 9.17) is 4.74 Å². The van der Waals surface area contributed by atoms with Crippen LogP contribution in [0.3, 0.4) is 0 Å². The Morgan fingerprint density at radius 1 is 1.21 bits per heavy atom. The van der Waals surface area contributed by atoms with Crippen molar-refractivity contribution < 1.29 is 22.7 Å². The number of ether oxygens (including phenoxy) is 1. The third-order valence-electron chi connectivity index (χ3n) is 4.56. The largest absolute Gasteiger partial charge is 0.484 e. The molecule has 0 bridgehead atoms. The van der Waals surface area contributed by atoms with E-state index < -0.39 is 16.1 Å². The van der Waals surface area contributed by atoms with Crippen LogP contribution in [-0.2, 0) is 19.6 Å². The fourth-order valence-corrected chi connectivity index (χ4v) is 4.76. The van der Waals surface area contributed by atoms with Gasteiger partial charge in [-0.05, 0) is 43.5 Å². The van der Waals surface area contributed by atoms with Gasteiger partial charge in [0.2, 0.25) is 15.9 Å². The predicted octanol–water partition coefficient (Wildman–Crippen LogP) is 1.69. The molecule has 2 amide bonds. The Morgan fingerprint density at radius 2 is 1.89 bits per heavy atom. The molecule has 1 N–H and O–H groups in total. The fraction of sp³-hybridized carbons (Fsp3) is 0.579. The first-order chi connectivity index (χ1) is 13.2. The zero-order chi connectivity index (χ0) is 20.7. The minimum absolute atomic E-state index is 0.0501. The summed E-state index contributed by atoms with van der Waals surface area (Å²) in [6.07, 6.45) is 2.63. The minimum Gasteiger partial charge on any atom is -0.484 e. The molecule has 1 heterocycles. The average Bonchev–Trinajstić information content (AvgIpc) is 2.67. The van der Waals surface area contributed by atoms with E-state index in [1.54, 1.807) is 38.4 Å². The molecule has 1 unspecified atom stereocenters. The number of benzene rings is 1. The summed E-state index contributed by atoms with van der Waals surface area (Å²) in [6, 6.07) is 5.97. The van der Waals surface area contributed by atoms with Crippen molar-refractivity contribution in [1.29, 1.82) is 0 Å². The van der Waals surface area contributed by atoms with Crippen molar-refractivity contribution in [3.8, 4) is 5.75 Å². The van der Waals surface area contributed by atoms with Crippen molar-refractivity contribution in [1.82, 2.24) is 9.21 Å². The summed E-state index contributed by atoms with van der Waals surface area (Å²) in [5.74, 6) is 0.0889. The lowest BCUT2D eigenvalue weighted by Crippen LogP contribution is -2.50.